The largest absolute Gasteiger partial charge is 0.338 e. The van der Waals surface area contributed by atoms with Crippen molar-refractivity contribution in [2.45, 2.75) is 38.6 Å². The number of piperidine rings is 1. The van der Waals surface area contributed by atoms with Crippen LogP contribution in [0.25, 0.3) is 0 Å². The monoisotopic (exact) mass is 332 g/mol. The van der Waals surface area contributed by atoms with E-state index in [0.717, 1.165) is 37.8 Å². The molecule has 0 saturated carbocycles. The Balaban J connectivity index is 1.53. The summed E-state index contributed by atoms with van der Waals surface area (Å²) in [5, 5.41) is 12.1. The van der Waals surface area contributed by atoms with Crippen LogP contribution in [0.15, 0.2) is 29.9 Å². The lowest BCUT2D eigenvalue weighted by Crippen LogP contribution is -2.45. The Hall–Kier alpha value is -1.82. The van der Waals surface area contributed by atoms with Gasteiger partial charge >= 0.3 is 6.03 Å². The number of rotatable bonds is 5. The van der Waals surface area contributed by atoms with Gasteiger partial charge in [0.25, 0.3) is 0 Å². The number of carbonyl (C=O) groups excluding carboxylic acids is 1. The lowest BCUT2D eigenvalue weighted by Gasteiger charge is -2.35. The average molecular weight is 332 g/mol. The normalized spacial score (nSPS) is 19.5. The highest BCUT2D eigenvalue weighted by Gasteiger charge is 2.28. The Morgan fingerprint density at radius 3 is 3.22 bits per heavy atom. The molecule has 1 saturated heterocycles. The van der Waals surface area contributed by atoms with Crippen LogP contribution in [0.1, 0.15) is 42.7 Å². The van der Waals surface area contributed by atoms with Gasteiger partial charge in [-0.05, 0) is 43.0 Å². The van der Waals surface area contributed by atoms with Crippen molar-refractivity contribution in [2.75, 3.05) is 13.1 Å². The van der Waals surface area contributed by atoms with E-state index in [1.165, 1.54) is 4.88 Å². The molecule has 0 aromatic carbocycles. The topological polar surface area (TPSA) is 61.0 Å². The number of aromatic amines is 1. The van der Waals surface area contributed by atoms with Crippen molar-refractivity contribution < 1.29 is 4.79 Å². The van der Waals surface area contributed by atoms with E-state index in [9.17, 15) is 4.79 Å². The van der Waals surface area contributed by atoms with Crippen LogP contribution in [-0.2, 0) is 6.42 Å². The van der Waals surface area contributed by atoms with Crippen LogP contribution < -0.4 is 5.32 Å². The van der Waals surface area contributed by atoms with Crippen LogP contribution in [-0.4, -0.2) is 34.2 Å². The fourth-order valence-electron chi connectivity index (χ4n) is 3.17. The molecule has 2 aromatic rings. The van der Waals surface area contributed by atoms with Crippen LogP contribution in [0, 0.1) is 5.92 Å². The van der Waals surface area contributed by atoms with Crippen LogP contribution in [0.3, 0.4) is 0 Å². The van der Waals surface area contributed by atoms with Crippen molar-refractivity contribution in [1.82, 2.24) is 20.4 Å². The van der Waals surface area contributed by atoms with Crippen LogP contribution in [0.2, 0.25) is 0 Å². The Kier molecular flexibility index (Phi) is 5.33. The third kappa shape index (κ3) is 4.13. The van der Waals surface area contributed by atoms with Crippen molar-refractivity contribution in [3.8, 4) is 0 Å². The Morgan fingerprint density at radius 2 is 2.48 bits per heavy atom. The van der Waals surface area contributed by atoms with Gasteiger partial charge in [-0.25, -0.2) is 4.79 Å². The van der Waals surface area contributed by atoms with Gasteiger partial charge in [0.1, 0.15) is 0 Å². The zero-order valence-electron chi connectivity index (χ0n) is 13.5. The number of hydrogen-bond acceptors (Lipinski definition) is 3. The summed E-state index contributed by atoms with van der Waals surface area (Å²) in [6.45, 7) is 3.72. The molecule has 23 heavy (non-hydrogen) atoms. The minimum absolute atomic E-state index is 0.0499. The van der Waals surface area contributed by atoms with E-state index in [1.54, 1.807) is 11.3 Å². The number of urea groups is 1. The molecule has 0 radical (unpaired) electrons. The molecule has 5 nitrogen and oxygen atoms in total. The predicted molar refractivity (Wildman–Crippen MR) is 92.5 cm³/mol. The van der Waals surface area contributed by atoms with Gasteiger partial charge in [0.05, 0.1) is 12.2 Å². The van der Waals surface area contributed by atoms with E-state index in [2.05, 4.69) is 40.0 Å². The highest BCUT2D eigenvalue weighted by molar-refractivity contribution is 7.09. The fraction of sp³-hybridized carbons (Fsp3) is 0.529. The summed E-state index contributed by atoms with van der Waals surface area (Å²) in [6.07, 6.45) is 7.99. The molecular formula is C17H24N4OS. The number of likely N-dealkylation sites (tertiary alicyclic amines) is 1. The highest BCUT2D eigenvalue weighted by Crippen LogP contribution is 2.30. The van der Waals surface area contributed by atoms with E-state index in [4.69, 9.17) is 0 Å². The van der Waals surface area contributed by atoms with Gasteiger partial charge in [0, 0.05) is 29.7 Å². The first-order chi connectivity index (χ1) is 11.2. The summed E-state index contributed by atoms with van der Waals surface area (Å²) in [7, 11) is 0. The second-order valence-corrected chi connectivity index (χ2v) is 7.34. The lowest BCUT2D eigenvalue weighted by atomic mass is 9.98. The predicted octanol–water partition coefficient (Wildman–Crippen LogP) is 3.59. The number of hydrogen-bond donors (Lipinski definition) is 2. The molecule has 1 fully saturated rings. The van der Waals surface area contributed by atoms with Crippen molar-refractivity contribution in [1.29, 1.82) is 0 Å². The smallest absolute Gasteiger partial charge is 0.317 e. The molecular weight excluding hydrogens is 308 g/mol. The zero-order valence-corrected chi connectivity index (χ0v) is 14.3. The molecule has 0 spiro atoms. The highest BCUT2D eigenvalue weighted by atomic mass is 32.1. The van der Waals surface area contributed by atoms with Gasteiger partial charge < -0.3 is 10.2 Å². The van der Waals surface area contributed by atoms with E-state index < -0.39 is 0 Å². The summed E-state index contributed by atoms with van der Waals surface area (Å²) in [5.74, 6) is 0.440. The summed E-state index contributed by atoms with van der Waals surface area (Å²) in [5.41, 5.74) is 1.10. The fourth-order valence-corrected chi connectivity index (χ4v) is 4.04. The third-order valence-corrected chi connectivity index (χ3v) is 5.30. The molecule has 1 aliphatic heterocycles. The second-order valence-electron chi connectivity index (χ2n) is 6.31. The Labute approximate surface area is 141 Å². The Morgan fingerprint density at radius 1 is 1.57 bits per heavy atom. The molecule has 3 heterocycles. The van der Waals surface area contributed by atoms with Gasteiger partial charge in [-0.3, -0.25) is 5.10 Å². The molecule has 0 unspecified atom stereocenters. The molecule has 0 bridgehead atoms. The maximum atomic E-state index is 12.6. The van der Waals surface area contributed by atoms with Gasteiger partial charge in [0.15, 0.2) is 0 Å². The summed E-state index contributed by atoms with van der Waals surface area (Å²) < 4.78 is 0. The van der Waals surface area contributed by atoms with Crippen LogP contribution in [0.5, 0.6) is 0 Å². The molecule has 2 aromatic heterocycles. The molecule has 2 atom stereocenters. The summed E-state index contributed by atoms with van der Waals surface area (Å²) >= 11 is 1.78. The maximum absolute atomic E-state index is 12.6. The summed E-state index contributed by atoms with van der Waals surface area (Å²) in [6, 6.07) is 4.43. The van der Waals surface area contributed by atoms with Crippen LogP contribution >= 0.6 is 11.3 Å². The van der Waals surface area contributed by atoms with E-state index in [-0.39, 0.29) is 12.1 Å². The van der Waals surface area contributed by atoms with Crippen molar-refractivity contribution in [2.24, 2.45) is 5.92 Å². The van der Waals surface area contributed by atoms with Crippen molar-refractivity contribution >= 4 is 17.4 Å². The zero-order chi connectivity index (χ0) is 16.1. The maximum Gasteiger partial charge on any atom is 0.317 e. The summed E-state index contributed by atoms with van der Waals surface area (Å²) in [4.78, 5) is 15.9. The molecule has 2 N–H and O–H groups in total. The van der Waals surface area contributed by atoms with Gasteiger partial charge in [-0.15, -0.1) is 11.3 Å². The minimum atomic E-state index is 0.0499. The first-order valence-electron chi connectivity index (χ1n) is 8.29. The van der Waals surface area contributed by atoms with Gasteiger partial charge in [0.2, 0.25) is 0 Å². The van der Waals surface area contributed by atoms with E-state index >= 15 is 0 Å². The third-order valence-electron chi connectivity index (χ3n) is 4.40. The Bertz CT molecular complexity index is 596. The number of carbonyl (C=O) groups is 1. The molecule has 0 aliphatic carbocycles. The molecule has 2 amide bonds. The van der Waals surface area contributed by atoms with Crippen LogP contribution in [0.4, 0.5) is 4.79 Å². The molecule has 124 valence electrons. The van der Waals surface area contributed by atoms with Gasteiger partial charge in [-0.2, -0.15) is 5.10 Å². The average Bonchev–Trinajstić information content (AvgIpc) is 3.26. The number of aromatic nitrogens is 2. The first-order valence-corrected chi connectivity index (χ1v) is 9.17. The number of amides is 2. The van der Waals surface area contributed by atoms with Gasteiger partial charge in [-0.1, -0.05) is 13.0 Å². The molecule has 3 rings (SSSR count). The lowest BCUT2D eigenvalue weighted by molar-refractivity contribution is 0.150. The second kappa shape index (κ2) is 7.64. The van der Waals surface area contributed by atoms with Crippen molar-refractivity contribution in [3.63, 3.8) is 0 Å². The van der Waals surface area contributed by atoms with E-state index in [1.807, 2.05) is 17.3 Å². The molecule has 1 aliphatic rings. The quantitative estimate of drug-likeness (QED) is 0.879. The first kappa shape index (κ1) is 16.1. The number of nitrogens with zero attached hydrogens (tertiary/aromatic N) is 2. The minimum Gasteiger partial charge on any atom is -0.338 e. The standard InChI is InChI=1S/C17H24N4OS/c1-13(9-15-5-4-8-23-15)10-18-17(22)21-7-3-2-6-16(21)14-11-19-20-12-14/h4-5,8,11-13,16H,2-3,6-7,9-10H2,1H3,(H,18,22)(H,19,20)/t13-,16+/m1/s1. The SMILES string of the molecule is C[C@@H](CNC(=O)N1CCCC[C@H]1c1cn[nH]c1)Cc1cccs1. The number of thiophene rings is 1. The van der Waals surface area contributed by atoms with Crippen molar-refractivity contribution in [3.05, 3.63) is 40.3 Å². The number of H-pyrrole nitrogens is 1. The number of nitrogens with one attached hydrogen (secondary N) is 2. The molecule has 6 heteroatoms. The van der Waals surface area contributed by atoms with E-state index in [0.29, 0.717) is 12.5 Å².